The van der Waals surface area contributed by atoms with Crippen LogP contribution in [0.1, 0.15) is 59.5 Å². The van der Waals surface area contributed by atoms with Crippen molar-refractivity contribution < 1.29 is 19.4 Å². The molecule has 5 rings (SSSR count). The molecule has 0 aliphatic heterocycles. The molecule has 1 amide bonds. The third-order valence-corrected chi connectivity index (χ3v) is 6.87. The van der Waals surface area contributed by atoms with Crippen molar-refractivity contribution in [1.82, 2.24) is 0 Å². The fraction of sp³-hybridized carbons (Fsp3) is 0.286. The van der Waals surface area contributed by atoms with E-state index in [4.69, 9.17) is 4.74 Å². The van der Waals surface area contributed by atoms with E-state index in [0.717, 1.165) is 43.2 Å². The Balaban J connectivity index is 1.44. The van der Waals surface area contributed by atoms with Crippen LogP contribution in [0, 0.1) is 0 Å². The maximum absolute atomic E-state index is 13.5. The van der Waals surface area contributed by atoms with Crippen molar-refractivity contribution in [3.63, 3.8) is 0 Å². The third-order valence-electron chi connectivity index (χ3n) is 6.87. The van der Waals surface area contributed by atoms with Gasteiger partial charge in [-0.05, 0) is 47.2 Å². The van der Waals surface area contributed by atoms with Gasteiger partial charge in [-0.15, -0.1) is 0 Å². The number of para-hydroxylation sites is 1. The summed E-state index contributed by atoms with van der Waals surface area (Å²) in [7, 11) is 0. The predicted octanol–water partition coefficient (Wildman–Crippen LogP) is 6.47. The molecule has 0 atom stereocenters. The van der Waals surface area contributed by atoms with E-state index >= 15 is 0 Å². The van der Waals surface area contributed by atoms with Crippen molar-refractivity contribution >= 4 is 17.7 Å². The van der Waals surface area contributed by atoms with Gasteiger partial charge in [0, 0.05) is 12.0 Å². The number of hydrogen-bond acceptors (Lipinski definition) is 3. The van der Waals surface area contributed by atoms with Crippen LogP contribution in [-0.2, 0) is 4.74 Å². The van der Waals surface area contributed by atoms with Crippen LogP contribution in [0.4, 0.5) is 10.5 Å². The molecular weight excluding hydrogens is 414 g/mol. The lowest BCUT2D eigenvalue weighted by Crippen LogP contribution is -2.43. The van der Waals surface area contributed by atoms with Crippen LogP contribution < -0.4 is 4.90 Å². The summed E-state index contributed by atoms with van der Waals surface area (Å²) in [5.41, 5.74) is 5.19. The summed E-state index contributed by atoms with van der Waals surface area (Å²) >= 11 is 0. The molecule has 2 aliphatic rings. The molecule has 1 fully saturated rings. The molecule has 33 heavy (non-hydrogen) atoms. The zero-order valence-corrected chi connectivity index (χ0v) is 18.4. The minimum Gasteiger partial charge on any atom is -0.478 e. The summed E-state index contributed by atoms with van der Waals surface area (Å²) < 4.78 is 5.94. The van der Waals surface area contributed by atoms with Gasteiger partial charge in [0.05, 0.1) is 11.3 Å². The smallest absolute Gasteiger partial charge is 0.414 e. The van der Waals surface area contributed by atoms with Crippen LogP contribution in [0.5, 0.6) is 0 Å². The van der Waals surface area contributed by atoms with E-state index in [9.17, 15) is 14.7 Å². The number of benzene rings is 3. The molecule has 1 N–H and O–H groups in total. The van der Waals surface area contributed by atoms with Crippen LogP contribution in [0.25, 0.3) is 11.1 Å². The van der Waals surface area contributed by atoms with Gasteiger partial charge in [-0.1, -0.05) is 79.9 Å². The topological polar surface area (TPSA) is 66.8 Å². The minimum atomic E-state index is -1.04. The number of carbonyl (C=O) groups is 2. The molecule has 3 aromatic carbocycles. The Labute approximate surface area is 193 Å². The molecule has 1 saturated carbocycles. The van der Waals surface area contributed by atoms with E-state index < -0.39 is 12.1 Å². The molecule has 0 bridgehead atoms. The molecule has 0 aromatic heterocycles. The van der Waals surface area contributed by atoms with Gasteiger partial charge in [0.2, 0.25) is 0 Å². The normalized spacial score (nSPS) is 15.5. The van der Waals surface area contributed by atoms with Crippen LogP contribution in [0.3, 0.4) is 0 Å². The first-order chi connectivity index (χ1) is 16.1. The Bertz CT molecular complexity index is 1140. The fourth-order valence-corrected chi connectivity index (χ4v) is 5.31. The number of rotatable bonds is 5. The second-order valence-electron chi connectivity index (χ2n) is 8.79. The monoisotopic (exact) mass is 441 g/mol. The molecule has 2 aliphatic carbocycles. The van der Waals surface area contributed by atoms with Crippen molar-refractivity contribution in [3.8, 4) is 11.1 Å². The number of carboxylic acids is 1. The van der Waals surface area contributed by atoms with E-state index in [1.165, 1.54) is 11.1 Å². The third kappa shape index (κ3) is 3.99. The first kappa shape index (κ1) is 21.3. The number of hydrogen-bond donors (Lipinski definition) is 1. The summed E-state index contributed by atoms with van der Waals surface area (Å²) in [4.78, 5) is 27.0. The zero-order chi connectivity index (χ0) is 22.8. The highest BCUT2D eigenvalue weighted by molar-refractivity contribution is 6.00. The number of amides is 1. The van der Waals surface area contributed by atoms with Gasteiger partial charge < -0.3 is 9.84 Å². The van der Waals surface area contributed by atoms with Gasteiger partial charge in [-0.3, -0.25) is 4.90 Å². The molecule has 0 unspecified atom stereocenters. The number of nitrogens with zero attached hydrogens (tertiary/aromatic N) is 1. The van der Waals surface area contributed by atoms with E-state index in [0.29, 0.717) is 5.69 Å². The first-order valence-corrected chi connectivity index (χ1v) is 11.6. The van der Waals surface area contributed by atoms with E-state index in [-0.39, 0.29) is 24.1 Å². The zero-order valence-electron chi connectivity index (χ0n) is 18.4. The van der Waals surface area contributed by atoms with Gasteiger partial charge in [-0.2, -0.15) is 0 Å². The lowest BCUT2D eigenvalue weighted by Gasteiger charge is -2.34. The average Bonchev–Trinajstić information content (AvgIpc) is 3.17. The van der Waals surface area contributed by atoms with Crippen molar-refractivity contribution in [3.05, 3.63) is 89.5 Å². The molecule has 0 spiro atoms. The highest BCUT2D eigenvalue weighted by Gasteiger charge is 2.33. The Hall–Kier alpha value is -3.60. The molecule has 0 heterocycles. The quantitative estimate of drug-likeness (QED) is 0.492. The lowest BCUT2D eigenvalue weighted by atomic mass is 9.93. The van der Waals surface area contributed by atoms with E-state index in [1.807, 2.05) is 24.3 Å². The highest BCUT2D eigenvalue weighted by Crippen LogP contribution is 2.44. The number of carbonyl (C=O) groups excluding carboxylic acids is 1. The molecular formula is C28H27NO4. The summed E-state index contributed by atoms with van der Waals surface area (Å²) in [6, 6.07) is 23.1. The van der Waals surface area contributed by atoms with Gasteiger partial charge in [0.25, 0.3) is 0 Å². The number of carboxylic acid groups (broad SMARTS) is 1. The van der Waals surface area contributed by atoms with Crippen LogP contribution in [0.15, 0.2) is 72.8 Å². The maximum atomic E-state index is 13.5. The number of ether oxygens (including phenoxy) is 1. The summed E-state index contributed by atoms with van der Waals surface area (Å²) in [6.07, 6.45) is 4.39. The van der Waals surface area contributed by atoms with Crippen molar-refractivity contribution in [2.45, 2.75) is 44.1 Å². The SMILES string of the molecule is O=C(O)c1ccccc1N(C(=O)OCC1c2ccccc2-c2ccccc21)C1CCCCC1. The lowest BCUT2D eigenvalue weighted by molar-refractivity contribution is 0.0697. The van der Waals surface area contributed by atoms with E-state index in [2.05, 4.69) is 24.3 Å². The summed E-state index contributed by atoms with van der Waals surface area (Å²) in [5, 5.41) is 9.74. The van der Waals surface area contributed by atoms with Crippen molar-refractivity contribution in [1.29, 1.82) is 0 Å². The van der Waals surface area contributed by atoms with Gasteiger partial charge in [0.1, 0.15) is 6.61 Å². The fourth-order valence-electron chi connectivity index (χ4n) is 5.31. The highest BCUT2D eigenvalue weighted by atomic mass is 16.6. The van der Waals surface area contributed by atoms with Crippen LogP contribution in [0.2, 0.25) is 0 Å². The molecule has 5 heteroatoms. The Morgan fingerprint density at radius 1 is 0.818 bits per heavy atom. The molecule has 0 saturated heterocycles. The first-order valence-electron chi connectivity index (χ1n) is 11.6. The molecule has 0 radical (unpaired) electrons. The minimum absolute atomic E-state index is 0.0377. The van der Waals surface area contributed by atoms with Gasteiger partial charge in [-0.25, -0.2) is 9.59 Å². The average molecular weight is 442 g/mol. The summed E-state index contributed by atoms with van der Waals surface area (Å²) in [6.45, 7) is 0.214. The largest absolute Gasteiger partial charge is 0.478 e. The molecule has 3 aromatic rings. The Morgan fingerprint density at radius 2 is 1.39 bits per heavy atom. The van der Waals surface area contributed by atoms with Crippen molar-refractivity contribution in [2.75, 3.05) is 11.5 Å². The standard InChI is InChI=1S/C28H27NO4/c30-27(31)24-16-8-9-17-26(24)29(19-10-2-1-3-11-19)28(32)33-18-25-22-14-6-4-12-20(22)21-13-5-7-15-23(21)25/h4-9,12-17,19,25H,1-3,10-11,18H2,(H,30,31). The summed E-state index contributed by atoms with van der Waals surface area (Å²) in [5.74, 6) is -1.08. The molecule has 5 nitrogen and oxygen atoms in total. The predicted molar refractivity (Wildman–Crippen MR) is 128 cm³/mol. The van der Waals surface area contributed by atoms with Gasteiger partial charge >= 0.3 is 12.1 Å². The van der Waals surface area contributed by atoms with E-state index in [1.54, 1.807) is 29.2 Å². The van der Waals surface area contributed by atoms with Crippen LogP contribution in [-0.4, -0.2) is 29.8 Å². The van der Waals surface area contributed by atoms with Gasteiger partial charge in [0.15, 0.2) is 0 Å². The second-order valence-corrected chi connectivity index (χ2v) is 8.79. The Morgan fingerprint density at radius 3 is 2.03 bits per heavy atom. The maximum Gasteiger partial charge on any atom is 0.414 e. The Kier molecular flexibility index (Phi) is 5.86. The van der Waals surface area contributed by atoms with Crippen molar-refractivity contribution in [2.24, 2.45) is 0 Å². The molecule has 168 valence electrons. The number of fused-ring (bicyclic) bond motifs is 3. The van der Waals surface area contributed by atoms with Crippen LogP contribution >= 0.6 is 0 Å². The number of anilines is 1. The number of aromatic carboxylic acids is 1. The second kappa shape index (κ2) is 9.10.